The zero-order chi connectivity index (χ0) is 19.2. The number of anilines is 1. The molecule has 0 aliphatic carbocycles. The summed E-state index contributed by atoms with van der Waals surface area (Å²) in [4.78, 5) is 13.5. The van der Waals surface area contributed by atoms with Crippen molar-refractivity contribution < 1.29 is 19.2 Å². The Hall–Kier alpha value is -1.60. The lowest BCUT2D eigenvalue weighted by Gasteiger charge is -2.37. The van der Waals surface area contributed by atoms with Gasteiger partial charge in [-0.2, -0.15) is 0 Å². The molecule has 2 aliphatic rings. The predicted molar refractivity (Wildman–Crippen MR) is 100 cm³/mol. The molecule has 0 bridgehead atoms. The van der Waals surface area contributed by atoms with Crippen LogP contribution in [0.3, 0.4) is 0 Å². The number of carboxylic acids is 1. The zero-order valence-corrected chi connectivity index (χ0v) is 16.2. The molecule has 0 unspecified atom stereocenters. The second-order valence-corrected chi connectivity index (χ2v) is 8.15. The molecule has 3 N–H and O–H groups in total. The molecule has 1 aromatic rings. The number of rotatable bonds is 2. The van der Waals surface area contributed by atoms with Gasteiger partial charge in [0.1, 0.15) is 11.8 Å². The molecule has 26 heavy (non-hydrogen) atoms. The van der Waals surface area contributed by atoms with Crippen LogP contribution in [0.25, 0.3) is 0 Å². The summed E-state index contributed by atoms with van der Waals surface area (Å²) in [6.45, 7) is 8.66. The fraction of sp³-hybridized carbons (Fsp3) is 0.789. The van der Waals surface area contributed by atoms with Crippen molar-refractivity contribution in [2.24, 2.45) is 0 Å². The van der Waals surface area contributed by atoms with Gasteiger partial charge in [-0.25, -0.2) is 0 Å². The molecule has 2 aliphatic heterocycles. The number of ether oxygens (including phenoxy) is 1. The van der Waals surface area contributed by atoms with Crippen molar-refractivity contribution in [1.82, 2.24) is 10.1 Å². The highest BCUT2D eigenvalue weighted by molar-refractivity contribution is 5.73. The van der Waals surface area contributed by atoms with Gasteiger partial charge in [0.15, 0.2) is 5.82 Å². The Kier molecular flexibility index (Phi) is 7.46. The van der Waals surface area contributed by atoms with E-state index in [0.717, 1.165) is 57.6 Å². The summed E-state index contributed by atoms with van der Waals surface area (Å²) in [6, 6.07) is 1.92. The average Bonchev–Trinajstić information content (AvgIpc) is 2.90. The van der Waals surface area contributed by atoms with Gasteiger partial charge in [0.2, 0.25) is 0 Å². The summed E-state index contributed by atoms with van der Waals surface area (Å²) < 4.78 is 10.3. The molecule has 0 radical (unpaired) electrons. The van der Waals surface area contributed by atoms with Crippen molar-refractivity contribution in [2.75, 3.05) is 25.5 Å². The van der Waals surface area contributed by atoms with Gasteiger partial charge in [-0.15, -0.1) is 0 Å². The summed E-state index contributed by atoms with van der Waals surface area (Å²) in [5, 5.41) is 12.9. The number of carbonyl (C=O) groups is 1. The van der Waals surface area contributed by atoms with E-state index in [9.17, 15) is 9.90 Å². The number of carboxylic acid groups (broad SMARTS) is 1. The SMILES string of the molecule is CC(C)(C)c1cc(N)no1.O=C(O)[C@@H]1CCCCCN1C1CCOCC1. The number of nitrogens with two attached hydrogens (primary N) is 1. The van der Waals surface area contributed by atoms with Crippen LogP contribution in [0.5, 0.6) is 0 Å². The van der Waals surface area contributed by atoms with Crippen molar-refractivity contribution in [3.8, 4) is 0 Å². The maximum absolute atomic E-state index is 11.3. The molecule has 0 amide bonds. The number of nitrogens with zero attached hydrogens (tertiary/aromatic N) is 2. The Morgan fingerprint density at radius 3 is 2.42 bits per heavy atom. The van der Waals surface area contributed by atoms with E-state index < -0.39 is 5.97 Å². The molecule has 1 aromatic heterocycles. The summed E-state index contributed by atoms with van der Waals surface area (Å²) in [5.41, 5.74) is 5.38. The van der Waals surface area contributed by atoms with Crippen molar-refractivity contribution in [3.63, 3.8) is 0 Å². The Labute approximate surface area is 155 Å². The third-order valence-corrected chi connectivity index (χ3v) is 5.01. The minimum Gasteiger partial charge on any atom is -0.480 e. The fourth-order valence-electron chi connectivity index (χ4n) is 3.49. The first-order valence-electron chi connectivity index (χ1n) is 9.58. The first-order valence-corrected chi connectivity index (χ1v) is 9.58. The lowest BCUT2D eigenvalue weighted by Crippen LogP contribution is -2.49. The lowest BCUT2D eigenvalue weighted by atomic mass is 9.93. The van der Waals surface area contributed by atoms with E-state index in [4.69, 9.17) is 15.0 Å². The monoisotopic (exact) mass is 367 g/mol. The highest BCUT2D eigenvalue weighted by Gasteiger charge is 2.32. The normalized spacial score (nSPS) is 23.0. The molecule has 148 valence electrons. The van der Waals surface area contributed by atoms with Gasteiger partial charge in [-0.05, 0) is 32.2 Å². The van der Waals surface area contributed by atoms with E-state index in [2.05, 4.69) is 10.1 Å². The fourth-order valence-corrected chi connectivity index (χ4v) is 3.49. The number of aromatic nitrogens is 1. The Morgan fingerprint density at radius 2 is 1.92 bits per heavy atom. The quantitative estimate of drug-likeness (QED) is 0.828. The summed E-state index contributed by atoms with van der Waals surface area (Å²) in [6.07, 6.45) is 6.15. The van der Waals surface area contributed by atoms with Crippen LogP contribution in [0, 0.1) is 0 Å². The molecule has 0 spiro atoms. The van der Waals surface area contributed by atoms with Gasteiger partial charge in [0.25, 0.3) is 0 Å². The lowest BCUT2D eigenvalue weighted by molar-refractivity contribution is -0.145. The summed E-state index contributed by atoms with van der Waals surface area (Å²) in [7, 11) is 0. The molecule has 0 saturated carbocycles. The van der Waals surface area contributed by atoms with Gasteiger partial charge >= 0.3 is 5.97 Å². The van der Waals surface area contributed by atoms with Gasteiger partial charge in [0.05, 0.1) is 0 Å². The molecular formula is C19H33N3O4. The van der Waals surface area contributed by atoms with Crippen molar-refractivity contribution in [1.29, 1.82) is 0 Å². The van der Waals surface area contributed by atoms with Crippen LogP contribution >= 0.6 is 0 Å². The van der Waals surface area contributed by atoms with Gasteiger partial charge in [-0.3, -0.25) is 9.69 Å². The molecule has 3 heterocycles. The number of hydrogen-bond acceptors (Lipinski definition) is 6. The van der Waals surface area contributed by atoms with Crippen molar-refractivity contribution >= 4 is 11.8 Å². The highest BCUT2D eigenvalue weighted by Crippen LogP contribution is 2.24. The van der Waals surface area contributed by atoms with Crippen LogP contribution in [-0.2, 0) is 14.9 Å². The third-order valence-electron chi connectivity index (χ3n) is 5.01. The van der Waals surface area contributed by atoms with Crippen LogP contribution in [0.2, 0.25) is 0 Å². The molecule has 2 saturated heterocycles. The second-order valence-electron chi connectivity index (χ2n) is 8.15. The highest BCUT2D eigenvalue weighted by atomic mass is 16.5. The van der Waals surface area contributed by atoms with Crippen LogP contribution < -0.4 is 5.73 Å². The maximum atomic E-state index is 11.3. The molecule has 7 nitrogen and oxygen atoms in total. The largest absolute Gasteiger partial charge is 0.480 e. The van der Waals surface area contributed by atoms with Crippen LogP contribution in [0.15, 0.2) is 10.6 Å². The molecular weight excluding hydrogens is 334 g/mol. The van der Waals surface area contributed by atoms with Crippen LogP contribution in [0.1, 0.15) is 65.1 Å². The second kappa shape index (κ2) is 9.37. The standard InChI is InChI=1S/C12H21NO3.C7H12N2O/c14-12(15)11-4-2-1-3-7-13(11)10-5-8-16-9-6-10;1-7(2,3)5-4-6(8)9-10-5/h10-11H,1-9H2,(H,14,15);4H,1-3H3,(H2,8,9)/t11-;/m0./s1. The topological polar surface area (TPSA) is 102 Å². The predicted octanol–water partition coefficient (Wildman–Crippen LogP) is 3.05. The number of aliphatic carboxylic acids is 1. The minimum absolute atomic E-state index is 0.00458. The number of hydrogen-bond donors (Lipinski definition) is 2. The van der Waals surface area contributed by atoms with E-state index >= 15 is 0 Å². The molecule has 3 rings (SSSR count). The van der Waals surface area contributed by atoms with Crippen molar-refractivity contribution in [3.05, 3.63) is 11.8 Å². The third kappa shape index (κ3) is 5.99. The van der Waals surface area contributed by atoms with E-state index in [1.807, 2.05) is 20.8 Å². The van der Waals surface area contributed by atoms with E-state index in [0.29, 0.717) is 11.9 Å². The minimum atomic E-state index is -0.645. The smallest absolute Gasteiger partial charge is 0.320 e. The van der Waals surface area contributed by atoms with E-state index in [1.54, 1.807) is 6.07 Å². The van der Waals surface area contributed by atoms with Gasteiger partial charge in [0, 0.05) is 30.7 Å². The number of likely N-dealkylation sites (tertiary alicyclic amines) is 1. The van der Waals surface area contributed by atoms with Crippen LogP contribution in [-0.4, -0.2) is 53.0 Å². The Balaban J connectivity index is 0.000000209. The maximum Gasteiger partial charge on any atom is 0.320 e. The zero-order valence-electron chi connectivity index (χ0n) is 16.2. The van der Waals surface area contributed by atoms with Crippen molar-refractivity contribution in [2.45, 2.75) is 76.8 Å². The van der Waals surface area contributed by atoms with Gasteiger partial charge < -0.3 is 20.1 Å². The first kappa shape index (κ1) is 20.7. The Morgan fingerprint density at radius 1 is 1.23 bits per heavy atom. The molecule has 7 heteroatoms. The number of nitrogen functional groups attached to an aromatic ring is 1. The molecule has 1 atom stereocenters. The first-order chi connectivity index (χ1) is 12.3. The van der Waals surface area contributed by atoms with E-state index in [-0.39, 0.29) is 11.5 Å². The molecule has 2 fully saturated rings. The Bertz CT molecular complexity index is 561. The summed E-state index contributed by atoms with van der Waals surface area (Å²) >= 11 is 0. The average molecular weight is 367 g/mol. The van der Waals surface area contributed by atoms with Gasteiger partial charge in [-0.1, -0.05) is 38.8 Å². The van der Waals surface area contributed by atoms with Crippen LogP contribution in [0.4, 0.5) is 5.82 Å². The molecule has 0 aromatic carbocycles. The van der Waals surface area contributed by atoms with E-state index in [1.165, 1.54) is 6.42 Å². The summed E-state index contributed by atoms with van der Waals surface area (Å²) in [5.74, 6) is 0.628.